The summed E-state index contributed by atoms with van der Waals surface area (Å²) < 4.78 is 22.6. The number of amides is 3. The van der Waals surface area contributed by atoms with Crippen LogP contribution in [0, 0.1) is 11.8 Å². The summed E-state index contributed by atoms with van der Waals surface area (Å²) in [4.78, 5) is 55.3. The number of aliphatic hydroxyl groups is 2. The van der Waals surface area contributed by atoms with Gasteiger partial charge in [0, 0.05) is 45.9 Å². The number of anilines is 1. The van der Waals surface area contributed by atoms with Gasteiger partial charge in [0.05, 0.1) is 25.3 Å². The number of carbonyl (C=O) groups excluding carboxylic acids is 4. The van der Waals surface area contributed by atoms with Crippen molar-refractivity contribution in [3.63, 3.8) is 0 Å². The molecular weight excluding hydrogens is 690 g/mol. The molecule has 0 radical (unpaired) electrons. The number of rotatable bonds is 7. The molecule has 0 spiro atoms. The molecule has 4 bridgehead atoms. The predicted molar refractivity (Wildman–Crippen MR) is 191 cm³/mol. The van der Waals surface area contributed by atoms with E-state index >= 15 is 0 Å². The van der Waals surface area contributed by atoms with Crippen molar-refractivity contribution < 1.29 is 48.3 Å². The van der Waals surface area contributed by atoms with Gasteiger partial charge in [-0.3, -0.25) is 14.9 Å². The fraction of sp³-hybridized carbons (Fsp3) is 0.600. The van der Waals surface area contributed by atoms with Crippen LogP contribution in [0.4, 0.5) is 10.5 Å². The first-order valence-electron chi connectivity index (χ1n) is 16.4. The summed E-state index contributed by atoms with van der Waals surface area (Å²) in [5.74, 6) is -2.66. The first-order chi connectivity index (χ1) is 23.5. The van der Waals surface area contributed by atoms with E-state index in [9.17, 15) is 29.4 Å². The van der Waals surface area contributed by atoms with Crippen LogP contribution in [0.15, 0.2) is 35.9 Å². The van der Waals surface area contributed by atoms with Crippen LogP contribution in [-0.4, -0.2) is 109 Å². The number of aliphatic hydroxyl groups excluding tert-OH is 1. The second kappa shape index (κ2) is 17.8. The third-order valence-corrected chi connectivity index (χ3v) is 10.1. The fourth-order valence-corrected chi connectivity index (χ4v) is 6.59. The molecule has 2 aliphatic heterocycles. The molecule has 1 aromatic rings. The Morgan fingerprint density at radius 1 is 1.24 bits per heavy atom. The monoisotopic (exact) mass is 739 g/mol. The largest absolute Gasteiger partial charge is 0.495 e. The van der Waals surface area contributed by atoms with Crippen LogP contribution in [0.5, 0.6) is 5.75 Å². The van der Waals surface area contributed by atoms with E-state index in [1.165, 1.54) is 45.0 Å². The van der Waals surface area contributed by atoms with Gasteiger partial charge in [-0.15, -0.1) is 0 Å². The number of hydrogen-bond donors (Lipinski definition) is 4. The number of nitrogens with zero attached hydrogens (tertiary/aromatic N) is 2. The van der Waals surface area contributed by atoms with Crippen LogP contribution in [-0.2, 0) is 35.0 Å². The Kier molecular flexibility index (Phi) is 14.6. The number of nitrogens with one attached hydrogen (secondary N) is 1. The summed E-state index contributed by atoms with van der Waals surface area (Å²) in [5.41, 5.74) is 0.155. The van der Waals surface area contributed by atoms with Gasteiger partial charge in [-0.25, -0.2) is 9.59 Å². The van der Waals surface area contributed by atoms with E-state index in [0.717, 1.165) is 11.1 Å². The lowest BCUT2D eigenvalue weighted by Gasteiger charge is -2.43. The second-order valence-electron chi connectivity index (χ2n) is 13.1. The molecule has 278 valence electrons. The summed E-state index contributed by atoms with van der Waals surface area (Å²) in [5, 5.41) is 26.0. The number of allylic oxidation sites excluding steroid dienone is 3. The van der Waals surface area contributed by atoms with Crippen molar-refractivity contribution in [2.75, 3.05) is 39.0 Å². The maximum absolute atomic E-state index is 14.0. The summed E-state index contributed by atoms with van der Waals surface area (Å²) in [6.45, 7) is 6.65. The quantitative estimate of drug-likeness (QED) is 0.240. The molecule has 3 N–H and O–H groups in total. The number of alkyl carbamates (subject to hydrolysis) is 1. The van der Waals surface area contributed by atoms with Crippen molar-refractivity contribution in [2.24, 2.45) is 11.8 Å². The molecule has 1 aromatic carbocycles. The van der Waals surface area contributed by atoms with Gasteiger partial charge in [-0.1, -0.05) is 49.2 Å². The number of benzene rings is 1. The second-order valence-corrected chi connectivity index (χ2v) is 13.9. The van der Waals surface area contributed by atoms with Crippen LogP contribution in [0.3, 0.4) is 0 Å². The summed E-state index contributed by atoms with van der Waals surface area (Å²) in [7, 11) is 5.87. The number of esters is 1. The number of hydrogen-bond acceptors (Lipinski definition) is 11. The Bertz CT molecular complexity index is 1470. The van der Waals surface area contributed by atoms with Crippen molar-refractivity contribution in [3.8, 4) is 5.75 Å². The lowest BCUT2D eigenvalue weighted by atomic mass is 9.81. The highest BCUT2D eigenvalue weighted by Crippen LogP contribution is 2.38. The zero-order valence-corrected chi connectivity index (χ0v) is 31.5. The zero-order chi connectivity index (χ0) is 37.5. The third-order valence-electron chi connectivity index (χ3n) is 9.53. The molecule has 1 saturated heterocycles. The molecule has 15 heteroatoms. The highest BCUT2D eigenvalue weighted by Gasteiger charge is 2.48. The molecule has 0 unspecified atom stereocenters. The Morgan fingerprint density at radius 2 is 1.92 bits per heavy atom. The first kappa shape index (κ1) is 41.1. The lowest BCUT2D eigenvalue weighted by Crippen LogP contribution is -2.64. The number of fused-ring (bicyclic) bond motifs is 4. The van der Waals surface area contributed by atoms with Crippen molar-refractivity contribution >= 4 is 53.8 Å². The molecule has 0 aromatic heterocycles. The molecule has 0 saturated carbocycles. The SMILES string of the molecule is COc1cc2cc(c1Cl)N(C)C(=O)C[C@H](OC(=O)[C@H](C)N(C)C(=O)CCS)[C@@H](C)[C@@H](O)[C@H](C)[C@@H]1C[C@@](O)(NC(=O)O1)[C@H](OC)/C=C/C=C(\C)C2. The van der Waals surface area contributed by atoms with Gasteiger partial charge >= 0.3 is 12.1 Å². The first-order valence-corrected chi connectivity index (χ1v) is 17.4. The molecular formula is C35H50ClN3O10S. The van der Waals surface area contributed by atoms with E-state index in [4.69, 9.17) is 30.5 Å². The summed E-state index contributed by atoms with van der Waals surface area (Å²) in [6.07, 6.45) is -0.226. The highest BCUT2D eigenvalue weighted by atomic mass is 35.5. The molecule has 0 aliphatic carbocycles. The number of likely N-dealkylation sites (N-methyl/N-ethyl adjacent to an activating group) is 1. The van der Waals surface area contributed by atoms with E-state index < -0.39 is 66.0 Å². The summed E-state index contributed by atoms with van der Waals surface area (Å²) in [6, 6.07) is 2.52. The average Bonchev–Trinajstić information content (AvgIpc) is 3.07. The normalized spacial score (nSPS) is 30.2. The van der Waals surface area contributed by atoms with Crippen LogP contribution < -0.4 is 15.0 Å². The van der Waals surface area contributed by atoms with Crippen molar-refractivity contribution in [2.45, 2.75) is 89.6 Å². The minimum Gasteiger partial charge on any atom is -0.495 e. The molecule has 2 heterocycles. The van der Waals surface area contributed by atoms with Crippen molar-refractivity contribution in [3.05, 3.63) is 46.5 Å². The van der Waals surface area contributed by atoms with Gasteiger partial charge in [0.1, 0.15) is 35.1 Å². The lowest BCUT2D eigenvalue weighted by molar-refractivity contribution is -0.167. The Morgan fingerprint density at radius 3 is 2.54 bits per heavy atom. The molecule has 3 rings (SSSR count). The zero-order valence-electron chi connectivity index (χ0n) is 29.8. The van der Waals surface area contributed by atoms with Gasteiger partial charge < -0.3 is 39.0 Å². The number of carbonyl (C=O) groups is 4. The Labute approximate surface area is 304 Å². The number of ether oxygens (including phenoxy) is 4. The minimum absolute atomic E-state index is 0.107. The van der Waals surface area contributed by atoms with Crippen LogP contribution in [0.2, 0.25) is 5.02 Å². The van der Waals surface area contributed by atoms with E-state index in [1.54, 1.807) is 38.1 Å². The standard InChI is InChI=1S/C35H50ClN3O10S/c1-19-10-9-11-28(47-8)35(45)18-27(49-34(44)37-35)21(3)32(42)20(2)25(48-33(43)22(4)38(5)29(40)12-13-50)17-30(41)39(6)24-15-23(14-19)16-26(46-7)31(24)36/h9-11,15-16,20-22,25,27-28,32,42,45,50H,12-14,17-18H2,1-8H3,(H,37,44)/b11-9+,19-10+/t20-,21-,22+,25+,27+,28-,32-,35+/m1/s1. The van der Waals surface area contributed by atoms with Gasteiger partial charge in [0.15, 0.2) is 5.72 Å². The number of methoxy groups -OCH3 is 2. The van der Waals surface area contributed by atoms with Gasteiger partial charge in [-0.05, 0) is 43.7 Å². The molecule has 8 atom stereocenters. The summed E-state index contributed by atoms with van der Waals surface area (Å²) >= 11 is 10.8. The molecule has 1 fully saturated rings. The van der Waals surface area contributed by atoms with Crippen molar-refractivity contribution in [1.29, 1.82) is 0 Å². The van der Waals surface area contributed by atoms with Crippen molar-refractivity contribution in [1.82, 2.24) is 10.2 Å². The maximum Gasteiger partial charge on any atom is 0.409 e. The topological polar surface area (TPSA) is 164 Å². The fourth-order valence-electron chi connectivity index (χ4n) is 6.08. The van der Waals surface area contributed by atoms with E-state index in [-0.39, 0.29) is 35.9 Å². The Balaban J connectivity index is 2.13. The van der Waals surface area contributed by atoms with Crippen LogP contribution >= 0.6 is 24.2 Å². The maximum atomic E-state index is 14.0. The third kappa shape index (κ3) is 9.72. The average molecular weight is 740 g/mol. The smallest absolute Gasteiger partial charge is 0.409 e. The van der Waals surface area contributed by atoms with Gasteiger partial charge in [-0.2, -0.15) is 12.6 Å². The highest BCUT2D eigenvalue weighted by molar-refractivity contribution is 7.80. The molecule has 50 heavy (non-hydrogen) atoms. The number of thiol groups is 1. The Hall–Kier alpha value is -3.30. The molecule has 13 nitrogen and oxygen atoms in total. The minimum atomic E-state index is -1.89. The molecule has 3 amide bonds. The number of halogens is 1. The van der Waals surface area contributed by atoms with Crippen LogP contribution in [0.1, 0.15) is 52.5 Å². The van der Waals surface area contributed by atoms with Gasteiger partial charge in [0.25, 0.3) is 0 Å². The van der Waals surface area contributed by atoms with Gasteiger partial charge in [0.2, 0.25) is 11.8 Å². The van der Waals surface area contributed by atoms with E-state index in [2.05, 4.69) is 17.9 Å². The molecule has 2 aliphatic rings. The van der Waals surface area contributed by atoms with E-state index in [0.29, 0.717) is 17.9 Å². The predicted octanol–water partition coefficient (Wildman–Crippen LogP) is 3.67. The van der Waals surface area contributed by atoms with Crippen LogP contribution in [0.25, 0.3) is 0 Å². The van der Waals surface area contributed by atoms with E-state index in [1.807, 2.05) is 13.0 Å².